The molecule has 0 unspecified atom stereocenters. The zero-order valence-corrected chi connectivity index (χ0v) is 25.3. The molecule has 0 aliphatic rings. The maximum atomic E-state index is 13.1. The smallest absolute Gasteiger partial charge is 0.376 e. The molecule has 6 aromatic rings. The van der Waals surface area contributed by atoms with Crippen molar-refractivity contribution in [2.24, 2.45) is 0 Å². The quantitative estimate of drug-likeness (QED) is 0.144. The highest BCUT2D eigenvalue weighted by molar-refractivity contribution is 6.14. The summed E-state index contributed by atoms with van der Waals surface area (Å²) in [5.74, 6) is -1.55. The number of rotatable bonds is 10. The Hall–Kier alpha value is -6.36. The molecule has 2 amide bonds. The molecule has 2 heterocycles. The number of carbonyl (C=O) groups excluding carboxylic acids is 4. The molecule has 0 aliphatic carbocycles. The predicted molar refractivity (Wildman–Crippen MR) is 173 cm³/mol. The molecule has 0 aliphatic heterocycles. The molecule has 0 bridgehead atoms. The summed E-state index contributed by atoms with van der Waals surface area (Å²) >= 11 is 0. The van der Waals surface area contributed by atoms with Gasteiger partial charge in [-0.25, -0.2) is 9.59 Å². The summed E-state index contributed by atoms with van der Waals surface area (Å²) in [5.41, 5.74) is 1.97. The third kappa shape index (κ3) is 6.40. The maximum absolute atomic E-state index is 13.1. The number of carbonyl (C=O) groups is 4. The van der Waals surface area contributed by atoms with E-state index < -0.39 is 23.8 Å². The molecule has 2 N–H and O–H groups in total. The monoisotopic (exact) mass is 632 g/mol. The van der Waals surface area contributed by atoms with Crippen LogP contribution in [0.25, 0.3) is 21.9 Å². The second kappa shape index (κ2) is 13.3. The number of hydrogen-bond donors (Lipinski definition) is 2. The summed E-state index contributed by atoms with van der Waals surface area (Å²) in [7, 11) is 0. The largest absolute Gasteiger partial charge is 0.460 e. The molecule has 0 fully saturated rings. The Labute approximate surface area is 268 Å². The van der Waals surface area contributed by atoms with Gasteiger partial charge in [-0.1, -0.05) is 24.3 Å². The van der Waals surface area contributed by atoms with Crippen LogP contribution >= 0.6 is 0 Å². The van der Waals surface area contributed by atoms with Crippen LogP contribution in [0.2, 0.25) is 0 Å². The SMILES string of the molecule is CCOC(=O)c1oc2ccccc2c1NC(=O)c1ccc(Oc2ccc(C(=O)Nc3c(C(=O)OCC)oc4ccccc34)cc2)cc1. The second-order valence-corrected chi connectivity index (χ2v) is 10.1. The van der Waals surface area contributed by atoms with Crippen molar-refractivity contribution in [3.63, 3.8) is 0 Å². The molecular formula is C36H28N2O9. The van der Waals surface area contributed by atoms with Crippen LogP contribution in [0.5, 0.6) is 11.5 Å². The molecule has 0 atom stereocenters. The van der Waals surface area contributed by atoms with Gasteiger partial charge >= 0.3 is 11.9 Å². The van der Waals surface area contributed by atoms with E-state index in [1.165, 1.54) is 0 Å². The zero-order chi connectivity index (χ0) is 32.9. The van der Waals surface area contributed by atoms with Gasteiger partial charge in [0.05, 0.1) is 13.2 Å². The van der Waals surface area contributed by atoms with E-state index in [9.17, 15) is 19.2 Å². The standard InChI is InChI=1S/C36H28N2O9/c1-3-43-35(41)31-29(25-9-5-7-11-27(25)46-31)37-33(39)21-13-17-23(18-14-21)45-24-19-15-22(16-20-24)34(40)38-30-26-10-6-8-12-28(26)47-32(30)36(42)44-4-2/h5-20H,3-4H2,1-2H3,(H,37,39)(H,38,40). The van der Waals surface area contributed by atoms with Crippen LogP contribution in [0.3, 0.4) is 0 Å². The number of fused-ring (bicyclic) bond motifs is 2. The zero-order valence-electron chi connectivity index (χ0n) is 25.3. The molecular weight excluding hydrogens is 604 g/mol. The summed E-state index contributed by atoms with van der Waals surface area (Å²) in [4.78, 5) is 51.2. The third-order valence-corrected chi connectivity index (χ3v) is 7.06. The Morgan fingerprint density at radius 1 is 0.553 bits per heavy atom. The van der Waals surface area contributed by atoms with Gasteiger partial charge in [-0.3, -0.25) is 9.59 Å². The van der Waals surface area contributed by atoms with Gasteiger partial charge in [-0.15, -0.1) is 0 Å². The van der Waals surface area contributed by atoms with Crippen LogP contribution in [-0.4, -0.2) is 37.0 Å². The van der Waals surface area contributed by atoms with Gasteiger partial charge in [0.15, 0.2) is 0 Å². The minimum absolute atomic E-state index is 0.0870. The maximum Gasteiger partial charge on any atom is 0.376 e. The number of para-hydroxylation sites is 2. The highest BCUT2D eigenvalue weighted by Gasteiger charge is 2.25. The number of benzene rings is 4. The molecule has 2 aromatic heterocycles. The Morgan fingerprint density at radius 3 is 1.32 bits per heavy atom. The number of hydrogen-bond acceptors (Lipinski definition) is 9. The van der Waals surface area contributed by atoms with E-state index in [1.54, 1.807) is 111 Å². The third-order valence-electron chi connectivity index (χ3n) is 7.06. The van der Waals surface area contributed by atoms with E-state index in [4.69, 9.17) is 23.0 Å². The fraction of sp³-hybridized carbons (Fsp3) is 0.111. The van der Waals surface area contributed by atoms with Crippen molar-refractivity contribution in [3.05, 3.63) is 120 Å². The van der Waals surface area contributed by atoms with Crippen LogP contribution in [-0.2, 0) is 9.47 Å². The lowest BCUT2D eigenvalue weighted by molar-refractivity contribution is 0.0485. The average Bonchev–Trinajstić information content (AvgIpc) is 3.64. The molecule has 4 aromatic carbocycles. The lowest BCUT2D eigenvalue weighted by Gasteiger charge is -2.09. The molecule has 236 valence electrons. The number of nitrogens with one attached hydrogen (secondary N) is 2. The molecule has 11 nitrogen and oxygen atoms in total. The van der Waals surface area contributed by atoms with Crippen molar-refractivity contribution >= 4 is 57.1 Å². The topological polar surface area (TPSA) is 146 Å². The lowest BCUT2D eigenvalue weighted by atomic mass is 10.1. The highest BCUT2D eigenvalue weighted by atomic mass is 16.5. The van der Waals surface area contributed by atoms with Crippen molar-refractivity contribution in [2.45, 2.75) is 13.8 Å². The fourth-order valence-electron chi connectivity index (χ4n) is 4.88. The molecule has 47 heavy (non-hydrogen) atoms. The molecule has 0 radical (unpaired) electrons. The van der Waals surface area contributed by atoms with Crippen LogP contribution in [0.15, 0.2) is 106 Å². The number of furan rings is 2. The summed E-state index contributed by atoms with van der Waals surface area (Å²) in [6, 6.07) is 26.7. The first-order valence-corrected chi connectivity index (χ1v) is 14.7. The number of esters is 2. The molecule has 6 rings (SSSR count). The van der Waals surface area contributed by atoms with Crippen molar-refractivity contribution in [3.8, 4) is 11.5 Å². The first-order chi connectivity index (χ1) is 22.9. The normalized spacial score (nSPS) is 10.9. The van der Waals surface area contributed by atoms with Crippen LogP contribution < -0.4 is 15.4 Å². The van der Waals surface area contributed by atoms with Gasteiger partial charge in [-0.05, 0) is 86.6 Å². The Morgan fingerprint density at radius 2 is 0.936 bits per heavy atom. The Balaban J connectivity index is 1.13. The van der Waals surface area contributed by atoms with E-state index >= 15 is 0 Å². The average molecular weight is 633 g/mol. The van der Waals surface area contributed by atoms with Crippen molar-refractivity contribution in [2.75, 3.05) is 23.8 Å². The van der Waals surface area contributed by atoms with Gasteiger partial charge in [-0.2, -0.15) is 0 Å². The molecule has 11 heteroatoms. The van der Waals surface area contributed by atoms with Crippen LogP contribution in [0, 0.1) is 0 Å². The first kappa shape index (κ1) is 30.7. The van der Waals surface area contributed by atoms with Crippen molar-refractivity contribution in [1.82, 2.24) is 0 Å². The fourth-order valence-corrected chi connectivity index (χ4v) is 4.88. The van der Waals surface area contributed by atoms with Crippen molar-refractivity contribution < 1.29 is 42.2 Å². The highest BCUT2D eigenvalue weighted by Crippen LogP contribution is 2.33. The van der Waals surface area contributed by atoms with E-state index in [2.05, 4.69) is 10.6 Å². The van der Waals surface area contributed by atoms with E-state index in [0.29, 0.717) is 44.6 Å². The van der Waals surface area contributed by atoms with Crippen LogP contribution in [0.1, 0.15) is 55.7 Å². The van der Waals surface area contributed by atoms with Gasteiger partial charge in [0.25, 0.3) is 11.8 Å². The van der Waals surface area contributed by atoms with E-state index in [1.807, 2.05) is 0 Å². The minimum Gasteiger partial charge on any atom is -0.460 e. The summed E-state index contributed by atoms with van der Waals surface area (Å²) in [6.07, 6.45) is 0. The molecule has 0 saturated carbocycles. The Kier molecular flexibility index (Phi) is 8.69. The predicted octanol–water partition coefficient (Wildman–Crippen LogP) is 7.83. The van der Waals surface area contributed by atoms with Gasteiger partial charge in [0.1, 0.15) is 34.0 Å². The summed E-state index contributed by atoms with van der Waals surface area (Å²) in [5, 5.41) is 6.68. The number of anilines is 2. The number of amides is 2. The number of ether oxygens (including phenoxy) is 3. The Bertz CT molecular complexity index is 1960. The van der Waals surface area contributed by atoms with E-state index in [0.717, 1.165) is 0 Å². The van der Waals surface area contributed by atoms with E-state index in [-0.39, 0.29) is 36.1 Å². The minimum atomic E-state index is -0.678. The summed E-state index contributed by atoms with van der Waals surface area (Å²) < 4.78 is 27.4. The second-order valence-electron chi connectivity index (χ2n) is 10.1. The van der Waals surface area contributed by atoms with Crippen LogP contribution in [0.4, 0.5) is 11.4 Å². The van der Waals surface area contributed by atoms with Gasteiger partial charge in [0, 0.05) is 21.9 Å². The molecule has 0 saturated heterocycles. The molecule has 0 spiro atoms. The first-order valence-electron chi connectivity index (χ1n) is 14.7. The lowest BCUT2D eigenvalue weighted by Crippen LogP contribution is -2.15. The van der Waals surface area contributed by atoms with Gasteiger partial charge in [0.2, 0.25) is 11.5 Å². The van der Waals surface area contributed by atoms with Gasteiger partial charge < -0.3 is 33.7 Å². The summed E-state index contributed by atoms with van der Waals surface area (Å²) in [6.45, 7) is 3.67. The van der Waals surface area contributed by atoms with Crippen molar-refractivity contribution in [1.29, 1.82) is 0 Å².